The van der Waals surface area contributed by atoms with Crippen LogP contribution in [0.1, 0.15) is 61.8 Å². The summed E-state index contributed by atoms with van der Waals surface area (Å²) in [6.45, 7) is 16.4. The zero-order valence-corrected chi connectivity index (χ0v) is 22.4. The lowest BCUT2D eigenvalue weighted by molar-refractivity contribution is -0.205. The summed E-state index contributed by atoms with van der Waals surface area (Å²) >= 11 is 0. The Kier molecular flexibility index (Phi) is 12.7. The Hall–Kier alpha value is -1.24. The summed E-state index contributed by atoms with van der Waals surface area (Å²) in [5, 5.41) is 19.0. The monoisotopic (exact) mass is 462 g/mol. The van der Waals surface area contributed by atoms with E-state index < -0.39 is 13.9 Å². The molecule has 0 amide bonds. The predicted octanol–water partition coefficient (Wildman–Crippen LogP) is 6.39. The highest BCUT2D eigenvalue weighted by atomic mass is 28.3. The molecule has 0 aliphatic carbocycles. The van der Waals surface area contributed by atoms with Crippen molar-refractivity contribution in [3.63, 3.8) is 0 Å². The molecule has 1 aromatic carbocycles. The van der Waals surface area contributed by atoms with Gasteiger partial charge in [0.15, 0.2) is 5.79 Å². The van der Waals surface area contributed by atoms with Crippen LogP contribution in [0.2, 0.25) is 25.7 Å². The van der Waals surface area contributed by atoms with Gasteiger partial charge in [0, 0.05) is 21.3 Å². The third-order valence-electron chi connectivity index (χ3n) is 5.16. The predicted molar refractivity (Wildman–Crippen MR) is 139 cm³/mol. The van der Waals surface area contributed by atoms with Gasteiger partial charge in [-0.05, 0) is 76.1 Å². The summed E-state index contributed by atoms with van der Waals surface area (Å²) in [7, 11) is -1.09. The second-order valence-corrected chi connectivity index (χ2v) is 16.0. The smallest absolute Gasteiger partial charge is 0.160 e. The first-order chi connectivity index (χ1) is 14.9. The van der Waals surface area contributed by atoms with Crippen LogP contribution in [-0.4, -0.2) is 43.4 Å². The van der Waals surface area contributed by atoms with Gasteiger partial charge in [-0.1, -0.05) is 61.6 Å². The summed E-state index contributed by atoms with van der Waals surface area (Å²) in [4.78, 5) is 0. The third kappa shape index (κ3) is 13.3. The minimum Gasteiger partial charge on any atom is -0.396 e. The number of hydrogen-bond acceptors (Lipinski definition) is 4. The topological polar surface area (TPSA) is 58.9 Å². The van der Waals surface area contributed by atoms with Crippen molar-refractivity contribution < 1.29 is 19.7 Å². The summed E-state index contributed by atoms with van der Waals surface area (Å²) in [6.07, 6.45) is 11.3. The third-order valence-corrected chi connectivity index (χ3v) is 6.87. The average Bonchev–Trinajstić information content (AvgIpc) is 2.64. The SMILES string of the molecule is Cc1cc(C)c(COCC[Si](C)(C)C)c(/C=C/CC[C@@H](C/C=C\CCO)OC(C)(C)O)c1. The quantitative estimate of drug-likeness (QED) is 0.137. The second-order valence-electron chi connectivity index (χ2n) is 10.4. The van der Waals surface area contributed by atoms with Gasteiger partial charge in [0.1, 0.15) is 0 Å². The van der Waals surface area contributed by atoms with Crippen LogP contribution in [0.25, 0.3) is 6.08 Å². The average molecular weight is 463 g/mol. The van der Waals surface area contributed by atoms with Crippen LogP contribution < -0.4 is 0 Å². The maximum Gasteiger partial charge on any atom is 0.160 e. The van der Waals surface area contributed by atoms with Crippen LogP contribution in [0.15, 0.2) is 30.4 Å². The van der Waals surface area contributed by atoms with Gasteiger partial charge in [0.25, 0.3) is 0 Å². The number of ether oxygens (including phenoxy) is 2. The zero-order chi connectivity index (χ0) is 24.2. The molecule has 0 bridgehead atoms. The molecular formula is C27H46O4Si. The van der Waals surface area contributed by atoms with Gasteiger partial charge < -0.3 is 19.7 Å². The van der Waals surface area contributed by atoms with Crippen molar-refractivity contribution in [1.82, 2.24) is 0 Å². The fourth-order valence-corrected chi connectivity index (χ4v) is 4.25. The maximum atomic E-state index is 10.1. The van der Waals surface area contributed by atoms with E-state index in [1.165, 1.54) is 28.3 Å². The van der Waals surface area contributed by atoms with Gasteiger partial charge in [-0.15, -0.1) is 0 Å². The van der Waals surface area contributed by atoms with E-state index in [1.807, 2.05) is 12.2 Å². The Morgan fingerprint density at radius 3 is 2.41 bits per heavy atom. The lowest BCUT2D eigenvalue weighted by Gasteiger charge is -2.25. The molecule has 4 nitrogen and oxygen atoms in total. The molecule has 0 saturated heterocycles. The first-order valence-electron chi connectivity index (χ1n) is 11.9. The van der Waals surface area contributed by atoms with E-state index in [0.29, 0.717) is 13.0 Å². The number of aliphatic hydroxyl groups excluding tert-OH is 1. The van der Waals surface area contributed by atoms with E-state index >= 15 is 0 Å². The highest BCUT2D eigenvalue weighted by molar-refractivity contribution is 6.76. The van der Waals surface area contributed by atoms with Gasteiger partial charge in [-0.3, -0.25) is 0 Å². The Balaban J connectivity index is 2.76. The van der Waals surface area contributed by atoms with E-state index in [9.17, 15) is 5.11 Å². The summed E-state index contributed by atoms with van der Waals surface area (Å²) in [5.41, 5.74) is 5.01. The molecule has 0 spiro atoms. The second kappa shape index (κ2) is 14.1. The van der Waals surface area contributed by atoms with E-state index in [-0.39, 0.29) is 12.7 Å². The highest BCUT2D eigenvalue weighted by Gasteiger charge is 2.19. The van der Waals surface area contributed by atoms with Gasteiger partial charge in [0.2, 0.25) is 0 Å². The normalized spacial score (nSPS) is 14.0. The van der Waals surface area contributed by atoms with Crippen LogP contribution >= 0.6 is 0 Å². The molecule has 2 N–H and O–H groups in total. The van der Waals surface area contributed by atoms with Crippen molar-refractivity contribution in [1.29, 1.82) is 0 Å². The molecule has 0 radical (unpaired) electrons. The van der Waals surface area contributed by atoms with Crippen molar-refractivity contribution in [3.8, 4) is 0 Å². The molecule has 0 aromatic heterocycles. The number of hydrogen-bond donors (Lipinski definition) is 2. The number of aliphatic hydroxyl groups is 2. The Morgan fingerprint density at radius 2 is 1.78 bits per heavy atom. The molecule has 0 unspecified atom stereocenters. The van der Waals surface area contributed by atoms with Gasteiger partial charge in [-0.25, -0.2) is 0 Å². The molecule has 0 aliphatic heterocycles. The van der Waals surface area contributed by atoms with Gasteiger partial charge in [0.05, 0.1) is 12.7 Å². The first-order valence-corrected chi connectivity index (χ1v) is 15.6. The number of allylic oxidation sites excluding steroid dienone is 1. The Morgan fingerprint density at radius 1 is 1.06 bits per heavy atom. The van der Waals surface area contributed by atoms with Crippen LogP contribution in [0.3, 0.4) is 0 Å². The summed E-state index contributed by atoms with van der Waals surface area (Å²) in [5.74, 6) is -1.16. The van der Waals surface area contributed by atoms with Crippen molar-refractivity contribution in [2.75, 3.05) is 13.2 Å². The first kappa shape index (κ1) is 28.8. The molecule has 1 aromatic rings. The molecule has 0 fully saturated rings. The molecule has 1 rings (SSSR count). The van der Waals surface area contributed by atoms with Crippen LogP contribution in [0.5, 0.6) is 0 Å². The van der Waals surface area contributed by atoms with Crippen molar-refractivity contribution in [3.05, 3.63) is 52.6 Å². The number of aryl methyl sites for hydroxylation is 2. The molecule has 0 aliphatic rings. The molecule has 182 valence electrons. The fraction of sp³-hybridized carbons (Fsp3) is 0.630. The van der Waals surface area contributed by atoms with Crippen LogP contribution in [0, 0.1) is 13.8 Å². The zero-order valence-electron chi connectivity index (χ0n) is 21.4. The maximum absolute atomic E-state index is 10.1. The molecule has 1 atom stereocenters. The standard InChI is InChI=1S/C27H46O4Si/c1-22-19-23(2)26(21-30-17-18-32(5,6)7)24(20-22)13-10-11-15-25(31-27(3,4)29)14-9-8-12-16-28/h8-10,13,19-20,25,28-29H,11-12,14-18,21H2,1-7H3/b9-8-,13-10+/t25-/m1/s1. The largest absolute Gasteiger partial charge is 0.396 e. The number of benzene rings is 1. The van der Waals surface area contributed by atoms with Gasteiger partial charge >= 0.3 is 0 Å². The van der Waals surface area contributed by atoms with Gasteiger partial charge in [-0.2, -0.15) is 0 Å². The van der Waals surface area contributed by atoms with E-state index in [2.05, 4.69) is 57.8 Å². The lowest BCUT2D eigenvalue weighted by Crippen LogP contribution is -2.29. The highest BCUT2D eigenvalue weighted by Crippen LogP contribution is 2.22. The van der Waals surface area contributed by atoms with E-state index in [4.69, 9.17) is 14.6 Å². The summed E-state index contributed by atoms with van der Waals surface area (Å²) < 4.78 is 11.9. The minimum absolute atomic E-state index is 0.0711. The Bertz CT molecular complexity index is 726. The van der Waals surface area contributed by atoms with Crippen LogP contribution in [0.4, 0.5) is 0 Å². The van der Waals surface area contributed by atoms with Crippen LogP contribution in [-0.2, 0) is 16.1 Å². The molecule has 0 heterocycles. The van der Waals surface area contributed by atoms with Crippen molar-refractivity contribution in [2.45, 2.75) is 97.6 Å². The van der Waals surface area contributed by atoms with E-state index in [0.717, 1.165) is 25.9 Å². The lowest BCUT2D eigenvalue weighted by atomic mass is 9.98. The minimum atomic E-state index is -1.16. The summed E-state index contributed by atoms with van der Waals surface area (Å²) in [6, 6.07) is 5.63. The fourth-order valence-electron chi connectivity index (χ4n) is 3.49. The molecular weight excluding hydrogens is 416 g/mol. The van der Waals surface area contributed by atoms with E-state index in [1.54, 1.807) is 13.8 Å². The van der Waals surface area contributed by atoms with Crippen molar-refractivity contribution >= 4 is 14.1 Å². The molecule has 5 heteroatoms. The van der Waals surface area contributed by atoms with Crippen molar-refractivity contribution in [2.24, 2.45) is 0 Å². The molecule has 32 heavy (non-hydrogen) atoms. The molecule has 0 saturated carbocycles. The Labute approximate surface area is 197 Å². The number of rotatable bonds is 15.